The first-order chi connectivity index (χ1) is 13.4. The molecule has 0 aromatic heterocycles. The van der Waals surface area contributed by atoms with Crippen LogP contribution in [0.25, 0.3) is 0 Å². The van der Waals surface area contributed by atoms with E-state index in [9.17, 15) is 13.2 Å². The van der Waals surface area contributed by atoms with Crippen molar-refractivity contribution in [3.63, 3.8) is 0 Å². The molecule has 0 radical (unpaired) electrons. The Morgan fingerprint density at radius 3 is 2.46 bits per heavy atom. The number of aryl methyl sites for hydroxylation is 1. The van der Waals surface area contributed by atoms with Gasteiger partial charge in [0.1, 0.15) is 0 Å². The molecule has 3 rings (SSSR count). The van der Waals surface area contributed by atoms with Gasteiger partial charge in [-0.3, -0.25) is 10.0 Å². The van der Waals surface area contributed by atoms with Crippen molar-refractivity contribution < 1.29 is 23.2 Å². The van der Waals surface area contributed by atoms with Crippen LogP contribution in [0.15, 0.2) is 24.3 Å². The summed E-state index contributed by atoms with van der Waals surface area (Å²) in [5.74, 6) is -1.79. The molecule has 1 amide bonds. The lowest BCUT2D eigenvalue weighted by Gasteiger charge is -2.37. The van der Waals surface area contributed by atoms with E-state index in [-0.39, 0.29) is 11.7 Å². The number of carbonyl (C=O) groups excluding carboxylic acids is 1. The summed E-state index contributed by atoms with van der Waals surface area (Å²) in [6.45, 7) is 5.06. The highest BCUT2D eigenvalue weighted by molar-refractivity contribution is 7.89. The predicted molar refractivity (Wildman–Crippen MR) is 106 cm³/mol. The zero-order valence-electron chi connectivity index (χ0n) is 16.2. The van der Waals surface area contributed by atoms with E-state index >= 15 is 0 Å². The molecule has 2 fully saturated rings. The molecule has 2 N–H and O–H groups in total. The number of sulfonamides is 1. The van der Waals surface area contributed by atoms with Crippen LogP contribution in [0.5, 0.6) is 0 Å². The molecule has 156 valence electrons. The van der Waals surface area contributed by atoms with Crippen molar-refractivity contribution in [3.05, 3.63) is 29.8 Å². The van der Waals surface area contributed by atoms with Crippen LogP contribution in [0.2, 0.25) is 0 Å². The van der Waals surface area contributed by atoms with Crippen LogP contribution in [-0.4, -0.2) is 69.0 Å². The summed E-state index contributed by atoms with van der Waals surface area (Å²) in [4.78, 5) is 14.3. The molecular formula is C19H29N3O5S. The highest BCUT2D eigenvalue weighted by Gasteiger charge is 2.37. The number of amides is 1. The van der Waals surface area contributed by atoms with Crippen molar-refractivity contribution in [2.24, 2.45) is 11.8 Å². The van der Waals surface area contributed by atoms with Crippen LogP contribution >= 0.6 is 0 Å². The molecule has 0 spiro atoms. The summed E-state index contributed by atoms with van der Waals surface area (Å²) in [5, 5.41) is 9.08. The molecule has 2 heterocycles. The molecule has 1 atom stereocenters. The molecular weight excluding hydrogens is 382 g/mol. The van der Waals surface area contributed by atoms with E-state index < -0.39 is 21.8 Å². The quantitative estimate of drug-likeness (QED) is 0.535. The monoisotopic (exact) mass is 411 g/mol. The summed E-state index contributed by atoms with van der Waals surface area (Å²) in [6.07, 6.45) is 1.24. The third kappa shape index (κ3) is 4.83. The van der Waals surface area contributed by atoms with Gasteiger partial charge < -0.3 is 9.64 Å². The van der Waals surface area contributed by atoms with Crippen LogP contribution in [0.4, 0.5) is 5.69 Å². The van der Waals surface area contributed by atoms with Gasteiger partial charge in [0.2, 0.25) is 15.9 Å². The zero-order valence-corrected chi connectivity index (χ0v) is 17.0. The van der Waals surface area contributed by atoms with Gasteiger partial charge in [0, 0.05) is 45.1 Å². The second-order valence-corrected chi connectivity index (χ2v) is 9.50. The molecule has 9 heteroatoms. The van der Waals surface area contributed by atoms with Gasteiger partial charge in [0.15, 0.2) is 0 Å². The molecule has 0 bridgehead atoms. The lowest BCUT2D eigenvalue weighted by Crippen LogP contribution is -2.51. The Hall–Kier alpha value is -1.68. The first-order valence-corrected chi connectivity index (χ1v) is 11.3. The summed E-state index contributed by atoms with van der Waals surface area (Å²) >= 11 is 0. The molecule has 28 heavy (non-hydrogen) atoms. The fraction of sp³-hybridized carbons (Fsp3) is 0.632. The number of anilines is 1. The van der Waals surface area contributed by atoms with Crippen LogP contribution in [0, 0.1) is 18.8 Å². The number of para-hydroxylation sites is 1. The van der Waals surface area contributed by atoms with Gasteiger partial charge in [-0.1, -0.05) is 18.2 Å². The number of piperazine rings is 1. The maximum absolute atomic E-state index is 13.0. The fourth-order valence-corrected chi connectivity index (χ4v) is 5.89. The maximum Gasteiger partial charge on any atom is 0.247 e. The third-order valence-electron chi connectivity index (χ3n) is 5.76. The lowest BCUT2D eigenvalue weighted by molar-refractivity contribution is -0.135. The second kappa shape index (κ2) is 9.21. The number of carbonyl (C=O) groups is 1. The number of nitrogens with zero attached hydrogens (tertiary/aromatic N) is 2. The van der Waals surface area contributed by atoms with Gasteiger partial charge in [0.05, 0.1) is 11.7 Å². The number of hydrogen-bond acceptors (Lipinski definition) is 6. The minimum absolute atomic E-state index is 0.107. The van der Waals surface area contributed by atoms with Crippen molar-refractivity contribution in [1.29, 1.82) is 0 Å². The molecule has 1 aromatic carbocycles. The Labute approximate surface area is 166 Å². The summed E-state index contributed by atoms with van der Waals surface area (Å²) in [5.41, 5.74) is 3.94. The number of ether oxygens (including phenoxy) is 1. The van der Waals surface area contributed by atoms with Gasteiger partial charge >= 0.3 is 0 Å². The van der Waals surface area contributed by atoms with Gasteiger partial charge in [-0.15, -0.1) is 0 Å². The Kier molecular flexibility index (Phi) is 6.92. The van der Waals surface area contributed by atoms with E-state index in [1.165, 1.54) is 4.31 Å². The Bertz CT molecular complexity index is 772. The zero-order chi connectivity index (χ0) is 20.1. The number of hydrogen-bond donors (Lipinski definition) is 2. The number of rotatable bonds is 6. The predicted octanol–water partition coefficient (Wildman–Crippen LogP) is 0.995. The summed E-state index contributed by atoms with van der Waals surface area (Å²) in [7, 11) is -3.61. The molecule has 1 aromatic rings. The van der Waals surface area contributed by atoms with E-state index in [0.29, 0.717) is 52.2 Å². The summed E-state index contributed by atoms with van der Waals surface area (Å²) in [6, 6.07) is 8.07. The topological polar surface area (TPSA) is 99.2 Å². The molecule has 2 aliphatic heterocycles. The number of hydroxylamine groups is 1. The normalized spacial score (nSPS) is 20.7. The maximum atomic E-state index is 13.0. The highest BCUT2D eigenvalue weighted by atomic mass is 32.2. The van der Waals surface area contributed by atoms with Gasteiger partial charge in [-0.25, -0.2) is 13.9 Å². The Morgan fingerprint density at radius 2 is 1.86 bits per heavy atom. The molecule has 0 unspecified atom stereocenters. The van der Waals surface area contributed by atoms with E-state index in [1.807, 2.05) is 31.2 Å². The SMILES string of the molecule is Cc1ccccc1N1CCN(S(=O)(=O)C[C@@H](C(=O)NO)C2CCOCC2)CC1. The smallest absolute Gasteiger partial charge is 0.247 e. The van der Waals surface area contributed by atoms with Gasteiger partial charge in [-0.05, 0) is 37.3 Å². The van der Waals surface area contributed by atoms with Crippen LogP contribution in [-0.2, 0) is 19.6 Å². The Balaban J connectivity index is 1.65. The van der Waals surface area contributed by atoms with Gasteiger partial charge in [-0.2, -0.15) is 4.31 Å². The van der Waals surface area contributed by atoms with Crippen LogP contribution in [0.3, 0.4) is 0 Å². The number of nitrogens with one attached hydrogen (secondary N) is 1. The van der Waals surface area contributed by atoms with Crippen molar-refractivity contribution in [2.45, 2.75) is 19.8 Å². The van der Waals surface area contributed by atoms with Crippen molar-refractivity contribution >= 4 is 21.6 Å². The standard InChI is InChI=1S/C19H29N3O5S/c1-15-4-2-3-5-18(15)21-8-10-22(11-9-21)28(25,26)14-17(19(23)20-24)16-6-12-27-13-7-16/h2-5,16-17,24H,6-14H2,1H3,(H,20,23)/t17-/m1/s1. The molecule has 0 aliphatic carbocycles. The minimum Gasteiger partial charge on any atom is -0.381 e. The van der Waals surface area contributed by atoms with Gasteiger partial charge in [0.25, 0.3) is 0 Å². The minimum atomic E-state index is -3.61. The van der Waals surface area contributed by atoms with E-state index in [1.54, 1.807) is 5.48 Å². The highest BCUT2D eigenvalue weighted by Crippen LogP contribution is 2.27. The third-order valence-corrected chi connectivity index (χ3v) is 7.69. The first kappa shape index (κ1) is 21.0. The summed E-state index contributed by atoms with van der Waals surface area (Å²) < 4.78 is 32.8. The lowest BCUT2D eigenvalue weighted by atomic mass is 9.87. The van der Waals surface area contributed by atoms with Crippen LogP contribution < -0.4 is 10.4 Å². The van der Waals surface area contributed by atoms with Crippen molar-refractivity contribution in [1.82, 2.24) is 9.79 Å². The van der Waals surface area contributed by atoms with Crippen molar-refractivity contribution in [3.8, 4) is 0 Å². The van der Waals surface area contributed by atoms with E-state index in [0.717, 1.165) is 11.3 Å². The second-order valence-electron chi connectivity index (χ2n) is 7.48. The molecule has 2 saturated heterocycles. The first-order valence-electron chi connectivity index (χ1n) is 9.72. The average molecular weight is 412 g/mol. The van der Waals surface area contributed by atoms with E-state index in [4.69, 9.17) is 9.94 Å². The van der Waals surface area contributed by atoms with E-state index in [2.05, 4.69) is 4.90 Å². The number of benzene rings is 1. The average Bonchev–Trinajstić information content (AvgIpc) is 2.72. The fourth-order valence-electron chi connectivity index (χ4n) is 4.08. The molecule has 8 nitrogen and oxygen atoms in total. The largest absolute Gasteiger partial charge is 0.381 e. The molecule has 2 aliphatic rings. The van der Waals surface area contributed by atoms with Crippen LogP contribution in [0.1, 0.15) is 18.4 Å². The molecule has 0 saturated carbocycles. The van der Waals surface area contributed by atoms with Crippen molar-refractivity contribution in [2.75, 3.05) is 50.0 Å². The Morgan fingerprint density at radius 1 is 1.21 bits per heavy atom.